The Bertz CT molecular complexity index is 697. The van der Waals surface area contributed by atoms with Crippen molar-refractivity contribution in [3.63, 3.8) is 0 Å². The van der Waals surface area contributed by atoms with Gasteiger partial charge in [0.2, 0.25) is 0 Å². The standard InChI is InChI=1S/C22H28N2O3/c23-13-5-14-24(16-18-6-2-1-3-7-18)22(25)19-9-11-20(12-10-19)27-17-21-8-4-15-26-21/h1-3,6-7,9-12,21H,4-5,8,13-17,23H2. The molecule has 0 radical (unpaired) electrons. The van der Waals surface area contributed by atoms with Gasteiger partial charge in [0.1, 0.15) is 12.4 Å². The molecule has 2 aromatic rings. The minimum Gasteiger partial charge on any atom is -0.491 e. The van der Waals surface area contributed by atoms with Gasteiger partial charge in [0, 0.05) is 25.3 Å². The molecule has 1 heterocycles. The number of benzene rings is 2. The van der Waals surface area contributed by atoms with E-state index in [4.69, 9.17) is 15.2 Å². The van der Waals surface area contributed by atoms with Gasteiger partial charge in [-0.25, -0.2) is 0 Å². The van der Waals surface area contributed by atoms with E-state index in [1.807, 2.05) is 59.5 Å². The summed E-state index contributed by atoms with van der Waals surface area (Å²) >= 11 is 0. The van der Waals surface area contributed by atoms with Gasteiger partial charge >= 0.3 is 0 Å². The van der Waals surface area contributed by atoms with Crippen molar-refractivity contribution in [1.29, 1.82) is 0 Å². The zero-order valence-electron chi connectivity index (χ0n) is 15.7. The number of amides is 1. The van der Waals surface area contributed by atoms with E-state index in [0.717, 1.165) is 37.2 Å². The second-order valence-corrected chi connectivity index (χ2v) is 6.82. The highest BCUT2D eigenvalue weighted by Gasteiger charge is 2.17. The monoisotopic (exact) mass is 368 g/mol. The number of carbonyl (C=O) groups excluding carboxylic acids is 1. The average Bonchev–Trinajstić information content (AvgIpc) is 3.24. The predicted molar refractivity (Wildman–Crippen MR) is 106 cm³/mol. The van der Waals surface area contributed by atoms with Crippen molar-refractivity contribution in [3.05, 3.63) is 65.7 Å². The van der Waals surface area contributed by atoms with Crippen LogP contribution in [-0.2, 0) is 11.3 Å². The van der Waals surface area contributed by atoms with Crippen molar-refractivity contribution >= 4 is 5.91 Å². The van der Waals surface area contributed by atoms with Gasteiger partial charge < -0.3 is 20.1 Å². The Morgan fingerprint density at radius 3 is 2.59 bits per heavy atom. The summed E-state index contributed by atoms with van der Waals surface area (Å²) in [6, 6.07) is 17.4. The summed E-state index contributed by atoms with van der Waals surface area (Å²) in [6.07, 6.45) is 3.11. The van der Waals surface area contributed by atoms with Crippen molar-refractivity contribution in [1.82, 2.24) is 4.90 Å². The third kappa shape index (κ3) is 5.81. The maximum Gasteiger partial charge on any atom is 0.254 e. The smallest absolute Gasteiger partial charge is 0.254 e. The lowest BCUT2D eigenvalue weighted by Crippen LogP contribution is -2.32. The van der Waals surface area contributed by atoms with Crippen LogP contribution in [0, 0.1) is 0 Å². The van der Waals surface area contributed by atoms with Crippen LogP contribution in [0.25, 0.3) is 0 Å². The Hall–Kier alpha value is -2.37. The number of ether oxygens (including phenoxy) is 2. The molecule has 0 bridgehead atoms. The summed E-state index contributed by atoms with van der Waals surface area (Å²) in [5, 5.41) is 0. The lowest BCUT2D eigenvalue weighted by molar-refractivity contribution is 0.0678. The van der Waals surface area contributed by atoms with Crippen molar-refractivity contribution in [2.24, 2.45) is 5.73 Å². The molecule has 1 aliphatic heterocycles. The minimum absolute atomic E-state index is 0.0120. The molecule has 1 amide bonds. The molecule has 0 saturated carbocycles. The maximum absolute atomic E-state index is 13.0. The first-order chi connectivity index (χ1) is 13.3. The summed E-state index contributed by atoms with van der Waals surface area (Å²) in [5.74, 6) is 0.775. The van der Waals surface area contributed by atoms with E-state index < -0.39 is 0 Å². The topological polar surface area (TPSA) is 64.8 Å². The molecule has 1 aliphatic rings. The highest BCUT2D eigenvalue weighted by Crippen LogP contribution is 2.18. The lowest BCUT2D eigenvalue weighted by atomic mass is 10.1. The fraction of sp³-hybridized carbons (Fsp3) is 0.409. The Kier molecular flexibility index (Phi) is 7.25. The van der Waals surface area contributed by atoms with E-state index in [2.05, 4.69) is 0 Å². The minimum atomic E-state index is 0.0120. The third-order valence-electron chi connectivity index (χ3n) is 4.70. The van der Waals surface area contributed by atoms with E-state index >= 15 is 0 Å². The molecule has 1 unspecified atom stereocenters. The first kappa shape index (κ1) is 19.4. The molecule has 1 fully saturated rings. The van der Waals surface area contributed by atoms with Crippen LogP contribution in [0.5, 0.6) is 5.75 Å². The van der Waals surface area contributed by atoms with Gasteiger partial charge in [0.25, 0.3) is 5.91 Å². The maximum atomic E-state index is 13.0. The quantitative estimate of drug-likeness (QED) is 0.738. The highest BCUT2D eigenvalue weighted by atomic mass is 16.5. The van der Waals surface area contributed by atoms with Crippen molar-refractivity contribution in [3.8, 4) is 5.75 Å². The fourth-order valence-corrected chi connectivity index (χ4v) is 3.18. The third-order valence-corrected chi connectivity index (χ3v) is 4.70. The molecule has 3 rings (SSSR count). The Balaban J connectivity index is 1.61. The van der Waals surface area contributed by atoms with Gasteiger partial charge in [-0.15, -0.1) is 0 Å². The molecule has 5 nitrogen and oxygen atoms in total. The molecule has 27 heavy (non-hydrogen) atoms. The highest BCUT2D eigenvalue weighted by molar-refractivity contribution is 5.94. The Labute approximate surface area is 161 Å². The largest absolute Gasteiger partial charge is 0.491 e. The summed E-state index contributed by atoms with van der Waals surface area (Å²) in [7, 11) is 0. The van der Waals surface area contributed by atoms with E-state index in [0.29, 0.717) is 31.8 Å². The van der Waals surface area contributed by atoms with Crippen LogP contribution in [-0.4, -0.2) is 43.2 Å². The molecular formula is C22H28N2O3. The van der Waals surface area contributed by atoms with Crippen LogP contribution in [0.4, 0.5) is 0 Å². The average molecular weight is 368 g/mol. The van der Waals surface area contributed by atoms with Gasteiger partial charge in [-0.3, -0.25) is 4.79 Å². The molecule has 0 aliphatic carbocycles. The molecular weight excluding hydrogens is 340 g/mol. The number of hydrogen-bond acceptors (Lipinski definition) is 4. The first-order valence-electron chi connectivity index (χ1n) is 9.64. The zero-order chi connectivity index (χ0) is 18.9. The summed E-state index contributed by atoms with van der Waals surface area (Å²) in [5.41, 5.74) is 7.42. The van der Waals surface area contributed by atoms with Gasteiger partial charge in [-0.1, -0.05) is 30.3 Å². The van der Waals surface area contributed by atoms with Crippen LogP contribution >= 0.6 is 0 Å². The molecule has 0 spiro atoms. The SMILES string of the molecule is NCCCN(Cc1ccccc1)C(=O)c1ccc(OCC2CCCO2)cc1. The van der Waals surface area contributed by atoms with Crippen LogP contribution < -0.4 is 10.5 Å². The number of carbonyl (C=O) groups is 1. The number of rotatable bonds is 9. The van der Waals surface area contributed by atoms with Gasteiger partial charge in [0.15, 0.2) is 0 Å². The van der Waals surface area contributed by atoms with Gasteiger partial charge in [0.05, 0.1) is 6.10 Å². The van der Waals surface area contributed by atoms with Gasteiger partial charge in [-0.05, 0) is 55.6 Å². The molecule has 5 heteroatoms. The molecule has 1 saturated heterocycles. The second-order valence-electron chi connectivity index (χ2n) is 6.82. The number of nitrogens with two attached hydrogens (primary N) is 1. The van der Waals surface area contributed by atoms with Crippen LogP contribution in [0.1, 0.15) is 35.2 Å². The van der Waals surface area contributed by atoms with E-state index in [-0.39, 0.29) is 12.0 Å². The Morgan fingerprint density at radius 1 is 1.15 bits per heavy atom. The lowest BCUT2D eigenvalue weighted by Gasteiger charge is -2.23. The van der Waals surface area contributed by atoms with Crippen molar-refractivity contribution < 1.29 is 14.3 Å². The second kappa shape index (κ2) is 10.1. The predicted octanol–water partition coefficient (Wildman–Crippen LogP) is 3.24. The van der Waals surface area contributed by atoms with Crippen molar-refractivity contribution in [2.75, 3.05) is 26.3 Å². The molecule has 0 aromatic heterocycles. The van der Waals surface area contributed by atoms with E-state index in [9.17, 15) is 4.79 Å². The molecule has 2 N–H and O–H groups in total. The molecule has 1 atom stereocenters. The first-order valence-corrected chi connectivity index (χ1v) is 9.64. The zero-order valence-corrected chi connectivity index (χ0v) is 15.7. The molecule has 2 aromatic carbocycles. The van der Waals surface area contributed by atoms with Gasteiger partial charge in [-0.2, -0.15) is 0 Å². The summed E-state index contributed by atoms with van der Waals surface area (Å²) < 4.78 is 11.3. The van der Waals surface area contributed by atoms with Crippen LogP contribution in [0.3, 0.4) is 0 Å². The fourth-order valence-electron chi connectivity index (χ4n) is 3.18. The Morgan fingerprint density at radius 2 is 1.93 bits per heavy atom. The van der Waals surface area contributed by atoms with Crippen LogP contribution in [0.15, 0.2) is 54.6 Å². The number of hydrogen-bond donors (Lipinski definition) is 1. The summed E-state index contributed by atoms with van der Waals surface area (Å²) in [4.78, 5) is 14.8. The normalized spacial score (nSPS) is 16.3. The van der Waals surface area contributed by atoms with Crippen molar-refractivity contribution in [2.45, 2.75) is 31.9 Å². The number of nitrogens with zero attached hydrogens (tertiary/aromatic N) is 1. The molecule has 144 valence electrons. The van der Waals surface area contributed by atoms with E-state index in [1.54, 1.807) is 0 Å². The van der Waals surface area contributed by atoms with E-state index in [1.165, 1.54) is 0 Å². The summed E-state index contributed by atoms with van der Waals surface area (Å²) in [6.45, 7) is 3.17. The van der Waals surface area contributed by atoms with Crippen LogP contribution in [0.2, 0.25) is 0 Å².